The SMILES string of the molecule is c1ccc2c(c1)N=Nc1ccccc1[O][Al]([O]c1cccc3cccnc13)[O]2. The third-order valence-corrected chi connectivity index (χ3v) is 5.60. The second kappa shape index (κ2) is 7.31. The molecule has 28 heavy (non-hydrogen) atoms. The molecule has 0 radical (unpaired) electrons. The average Bonchev–Trinajstić information content (AvgIpc) is 2.81. The van der Waals surface area contributed by atoms with Gasteiger partial charge in [-0.15, -0.1) is 10.2 Å². The van der Waals surface area contributed by atoms with E-state index in [2.05, 4.69) is 15.2 Å². The standard InChI is InChI=1S/C12H10N2O2.C9H7NO.Al/c15-11-7-3-1-5-9(11)13-14-10-6-2-4-8-12(10)16;11-8-5-1-3-7-4-2-6-10-9(7)8;/h1-8,15-16H;1-6,11H;/q;;+3/p-3. The Morgan fingerprint density at radius 2 is 1.32 bits per heavy atom. The van der Waals surface area contributed by atoms with Gasteiger partial charge in [-0.05, 0) is 36.4 Å². The van der Waals surface area contributed by atoms with Crippen LogP contribution in [0.25, 0.3) is 10.9 Å². The molecule has 0 unspecified atom stereocenters. The zero-order chi connectivity index (χ0) is 18.8. The zero-order valence-corrected chi connectivity index (χ0v) is 15.9. The lowest BCUT2D eigenvalue weighted by Crippen LogP contribution is -2.37. The van der Waals surface area contributed by atoms with E-state index in [0.717, 1.165) is 10.9 Å². The van der Waals surface area contributed by atoms with Crippen molar-refractivity contribution >= 4 is 37.4 Å². The van der Waals surface area contributed by atoms with Gasteiger partial charge in [-0.3, -0.25) is 4.98 Å². The molecule has 134 valence electrons. The first-order chi connectivity index (χ1) is 13.9. The minimum Gasteiger partial charge on any atom is -0.576 e. The summed E-state index contributed by atoms with van der Waals surface area (Å²) in [5.41, 5.74) is 2.01. The van der Waals surface area contributed by atoms with Gasteiger partial charge in [-0.2, -0.15) is 0 Å². The highest BCUT2D eigenvalue weighted by atomic mass is 27.3. The molecule has 1 aliphatic heterocycles. The molecule has 1 aliphatic rings. The number of rotatable bonds is 2. The minimum atomic E-state index is -2.70. The molecule has 7 heteroatoms. The fraction of sp³-hybridized carbons (Fsp3) is 0. The van der Waals surface area contributed by atoms with Crippen LogP contribution in [0.1, 0.15) is 0 Å². The lowest BCUT2D eigenvalue weighted by Gasteiger charge is -2.17. The Hall–Kier alpha value is -3.40. The van der Waals surface area contributed by atoms with E-state index >= 15 is 0 Å². The van der Waals surface area contributed by atoms with E-state index in [1.165, 1.54) is 0 Å². The van der Waals surface area contributed by atoms with Crippen LogP contribution in [0.4, 0.5) is 11.4 Å². The van der Waals surface area contributed by atoms with Gasteiger partial charge < -0.3 is 11.4 Å². The van der Waals surface area contributed by atoms with Gasteiger partial charge in [0.1, 0.15) is 34.1 Å². The third kappa shape index (κ3) is 3.29. The van der Waals surface area contributed by atoms with Crippen LogP contribution in [-0.2, 0) is 0 Å². The molecule has 0 saturated carbocycles. The lowest BCUT2D eigenvalue weighted by molar-refractivity contribution is 0.310. The van der Waals surface area contributed by atoms with Crippen LogP contribution in [0, 0.1) is 0 Å². The molecule has 0 spiro atoms. The first kappa shape index (κ1) is 16.8. The fourth-order valence-corrected chi connectivity index (χ4v) is 4.30. The summed E-state index contributed by atoms with van der Waals surface area (Å²) < 4.78 is 18.5. The van der Waals surface area contributed by atoms with E-state index < -0.39 is 15.1 Å². The molecule has 0 fully saturated rings. The summed E-state index contributed by atoms with van der Waals surface area (Å²) in [4.78, 5) is 4.44. The zero-order valence-electron chi connectivity index (χ0n) is 14.7. The van der Waals surface area contributed by atoms with Gasteiger partial charge >= 0.3 is 15.1 Å². The first-order valence-electron chi connectivity index (χ1n) is 8.80. The number of hydrogen-bond acceptors (Lipinski definition) is 6. The number of nitrogens with zero attached hydrogens (tertiary/aromatic N) is 3. The number of hydrogen-bond donors (Lipinski definition) is 0. The quantitative estimate of drug-likeness (QED) is 0.430. The van der Waals surface area contributed by atoms with E-state index in [1.807, 2.05) is 78.9 Å². The Balaban J connectivity index is 1.57. The van der Waals surface area contributed by atoms with Gasteiger partial charge in [0.2, 0.25) is 0 Å². The summed E-state index contributed by atoms with van der Waals surface area (Å²) in [7, 11) is 0. The number of azo groups is 1. The highest BCUT2D eigenvalue weighted by Crippen LogP contribution is 2.35. The number of benzene rings is 3. The van der Waals surface area contributed by atoms with E-state index in [0.29, 0.717) is 28.6 Å². The van der Waals surface area contributed by atoms with E-state index in [-0.39, 0.29) is 0 Å². The summed E-state index contributed by atoms with van der Waals surface area (Å²) >= 11 is -2.70. The van der Waals surface area contributed by atoms with Crippen molar-refractivity contribution in [2.24, 2.45) is 10.2 Å². The van der Waals surface area contributed by atoms with Crippen LogP contribution in [0.2, 0.25) is 0 Å². The molecule has 0 atom stereocenters. The topological polar surface area (TPSA) is 65.3 Å². The largest absolute Gasteiger partial charge is 1.20 e. The normalized spacial score (nSPS) is 12.6. The second-order valence-electron chi connectivity index (χ2n) is 6.11. The van der Waals surface area contributed by atoms with Crippen molar-refractivity contribution in [3.05, 3.63) is 85.1 Å². The lowest BCUT2D eigenvalue weighted by atomic mass is 10.2. The predicted octanol–water partition coefficient (Wildman–Crippen LogP) is 5.49. The number of pyridine rings is 1. The monoisotopic (exact) mass is 383 g/mol. The third-order valence-electron chi connectivity index (χ3n) is 4.26. The Morgan fingerprint density at radius 3 is 2.04 bits per heavy atom. The van der Waals surface area contributed by atoms with Gasteiger partial charge in [0, 0.05) is 11.6 Å². The maximum Gasteiger partial charge on any atom is 1.20 e. The summed E-state index contributed by atoms with van der Waals surface area (Å²) in [5.74, 6) is 1.77. The summed E-state index contributed by atoms with van der Waals surface area (Å²) in [6.45, 7) is 0. The Morgan fingerprint density at radius 1 is 0.679 bits per heavy atom. The molecule has 1 aromatic heterocycles. The van der Waals surface area contributed by atoms with Crippen molar-refractivity contribution in [1.82, 2.24) is 4.98 Å². The van der Waals surface area contributed by atoms with Crippen LogP contribution in [0.15, 0.2) is 95.3 Å². The molecule has 0 aliphatic carbocycles. The van der Waals surface area contributed by atoms with Crippen molar-refractivity contribution in [1.29, 1.82) is 0 Å². The van der Waals surface area contributed by atoms with Gasteiger partial charge in [0.25, 0.3) is 0 Å². The van der Waals surface area contributed by atoms with Crippen molar-refractivity contribution in [3.8, 4) is 17.2 Å². The molecular weight excluding hydrogens is 369 g/mol. The first-order valence-corrected chi connectivity index (χ1v) is 10.2. The Bertz CT molecular complexity index is 1130. The molecule has 4 aromatic rings. The van der Waals surface area contributed by atoms with E-state index in [9.17, 15) is 0 Å². The Kier molecular flexibility index (Phi) is 4.38. The Labute approximate surface area is 166 Å². The molecule has 0 amide bonds. The predicted molar refractivity (Wildman–Crippen MR) is 106 cm³/mol. The van der Waals surface area contributed by atoms with Crippen molar-refractivity contribution in [2.45, 2.75) is 0 Å². The second-order valence-corrected chi connectivity index (χ2v) is 7.39. The van der Waals surface area contributed by atoms with Crippen LogP contribution in [-0.4, -0.2) is 20.1 Å². The number of fused-ring (bicyclic) bond motifs is 3. The van der Waals surface area contributed by atoms with Crippen LogP contribution in [0.3, 0.4) is 0 Å². The van der Waals surface area contributed by atoms with Crippen LogP contribution in [0.5, 0.6) is 17.2 Å². The van der Waals surface area contributed by atoms with Crippen molar-refractivity contribution < 1.29 is 11.4 Å². The van der Waals surface area contributed by atoms with Crippen molar-refractivity contribution in [2.75, 3.05) is 0 Å². The molecule has 0 N–H and O–H groups in total. The smallest absolute Gasteiger partial charge is 0.576 e. The number of para-hydroxylation sites is 3. The molecule has 0 saturated heterocycles. The van der Waals surface area contributed by atoms with Gasteiger partial charge in [-0.25, -0.2) is 0 Å². The summed E-state index contributed by atoms with van der Waals surface area (Å²) in [6.07, 6.45) is 1.74. The molecule has 2 heterocycles. The summed E-state index contributed by atoms with van der Waals surface area (Å²) in [6, 6.07) is 24.6. The molecule has 6 nitrogen and oxygen atoms in total. The minimum absolute atomic E-state index is 0.573. The van der Waals surface area contributed by atoms with Gasteiger partial charge in [0.05, 0.1) is 0 Å². The maximum absolute atomic E-state index is 6.22. The highest BCUT2D eigenvalue weighted by molar-refractivity contribution is 6.40. The van der Waals surface area contributed by atoms with E-state index in [1.54, 1.807) is 6.20 Å². The number of aromatic nitrogens is 1. The molecule has 3 aromatic carbocycles. The maximum atomic E-state index is 6.22. The summed E-state index contributed by atoms with van der Waals surface area (Å²) in [5, 5.41) is 9.62. The highest BCUT2D eigenvalue weighted by Gasteiger charge is 2.46. The molecule has 5 rings (SSSR count). The van der Waals surface area contributed by atoms with Crippen molar-refractivity contribution in [3.63, 3.8) is 0 Å². The molecular formula is C21H14AlN3O3. The van der Waals surface area contributed by atoms with Gasteiger partial charge in [0.15, 0.2) is 0 Å². The molecule has 0 bridgehead atoms. The van der Waals surface area contributed by atoms with Crippen LogP contribution < -0.4 is 11.4 Å². The average molecular weight is 383 g/mol. The fourth-order valence-electron chi connectivity index (χ4n) is 2.94. The van der Waals surface area contributed by atoms with E-state index in [4.69, 9.17) is 11.4 Å². The van der Waals surface area contributed by atoms with Gasteiger partial charge in [-0.1, -0.05) is 42.5 Å². The van der Waals surface area contributed by atoms with Crippen LogP contribution >= 0.6 is 0 Å².